The van der Waals surface area contributed by atoms with Gasteiger partial charge in [0.1, 0.15) is 4.32 Å². The van der Waals surface area contributed by atoms with Gasteiger partial charge in [-0.3, -0.25) is 14.5 Å². The summed E-state index contributed by atoms with van der Waals surface area (Å²) in [6, 6.07) is 11.9. The summed E-state index contributed by atoms with van der Waals surface area (Å²) < 4.78 is 39.6. The van der Waals surface area contributed by atoms with Crippen molar-refractivity contribution in [2.75, 3.05) is 11.9 Å². The third-order valence-electron chi connectivity index (χ3n) is 4.28. The number of alkyl halides is 3. The minimum Gasteiger partial charge on any atom is -0.326 e. The van der Waals surface area contributed by atoms with Gasteiger partial charge in [-0.15, -0.1) is 0 Å². The van der Waals surface area contributed by atoms with Gasteiger partial charge in [0.2, 0.25) is 5.91 Å². The van der Waals surface area contributed by atoms with E-state index in [4.69, 9.17) is 12.2 Å². The summed E-state index contributed by atoms with van der Waals surface area (Å²) in [7, 11) is 0. The molecule has 1 N–H and O–H groups in total. The number of halogens is 4. The molecular weight excluding hydrogens is 513 g/mol. The van der Waals surface area contributed by atoms with Gasteiger partial charge in [0.05, 0.1) is 10.5 Å². The summed E-state index contributed by atoms with van der Waals surface area (Å²) in [6.45, 7) is 0.247. The molecular formula is C21H16BrF3N2O2S2. The van der Waals surface area contributed by atoms with E-state index < -0.39 is 17.6 Å². The zero-order chi connectivity index (χ0) is 22.6. The minimum atomic E-state index is -4.48. The van der Waals surface area contributed by atoms with E-state index in [0.717, 1.165) is 22.2 Å². The predicted octanol–water partition coefficient (Wildman–Crippen LogP) is 6.09. The molecule has 1 aliphatic heterocycles. The number of carbonyl (C=O) groups is 2. The van der Waals surface area contributed by atoms with Crippen LogP contribution < -0.4 is 5.32 Å². The van der Waals surface area contributed by atoms with Crippen LogP contribution in [0.1, 0.15) is 24.0 Å². The second-order valence-corrected chi connectivity index (χ2v) is 9.21. The Morgan fingerprint density at radius 1 is 1.19 bits per heavy atom. The lowest BCUT2D eigenvalue weighted by atomic mass is 10.2. The summed E-state index contributed by atoms with van der Waals surface area (Å²) in [4.78, 5) is 26.7. The van der Waals surface area contributed by atoms with Gasteiger partial charge in [-0.2, -0.15) is 13.2 Å². The number of amides is 2. The number of rotatable bonds is 6. The van der Waals surface area contributed by atoms with Crippen LogP contribution in [0.25, 0.3) is 6.08 Å². The number of nitrogens with one attached hydrogen (secondary N) is 1. The minimum absolute atomic E-state index is 0.0397. The Morgan fingerprint density at radius 3 is 2.65 bits per heavy atom. The van der Waals surface area contributed by atoms with Crippen LogP contribution in [0.3, 0.4) is 0 Å². The van der Waals surface area contributed by atoms with Crippen molar-refractivity contribution in [2.24, 2.45) is 0 Å². The van der Waals surface area contributed by atoms with Gasteiger partial charge in [0.25, 0.3) is 5.91 Å². The summed E-state index contributed by atoms with van der Waals surface area (Å²) >= 11 is 9.86. The van der Waals surface area contributed by atoms with Gasteiger partial charge in [-0.05, 0) is 48.4 Å². The maximum atomic E-state index is 12.8. The molecule has 1 saturated heterocycles. The highest BCUT2D eigenvalue weighted by atomic mass is 79.9. The molecule has 0 radical (unpaired) electrons. The van der Waals surface area contributed by atoms with E-state index in [1.165, 1.54) is 28.8 Å². The van der Waals surface area contributed by atoms with Gasteiger partial charge in [-0.25, -0.2) is 0 Å². The van der Waals surface area contributed by atoms with E-state index in [0.29, 0.717) is 15.6 Å². The molecule has 162 valence electrons. The van der Waals surface area contributed by atoms with Crippen LogP contribution in [-0.4, -0.2) is 27.6 Å². The Labute approximate surface area is 195 Å². The van der Waals surface area contributed by atoms with E-state index in [9.17, 15) is 22.8 Å². The summed E-state index contributed by atoms with van der Waals surface area (Å²) in [6.07, 6.45) is -2.37. The van der Waals surface area contributed by atoms with Crippen LogP contribution in [0, 0.1) is 0 Å². The predicted molar refractivity (Wildman–Crippen MR) is 123 cm³/mol. The number of thiocarbonyl (C=S) groups is 1. The topological polar surface area (TPSA) is 49.4 Å². The molecule has 2 amide bonds. The molecule has 0 bridgehead atoms. The van der Waals surface area contributed by atoms with E-state index in [-0.39, 0.29) is 24.6 Å². The van der Waals surface area contributed by atoms with E-state index in [2.05, 4.69) is 21.2 Å². The smallest absolute Gasteiger partial charge is 0.326 e. The number of thioether (sulfide) groups is 1. The van der Waals surface area contributed by atoms with Crippen LogP contribution in [-0.2, 0) is 15.8 Å². The SMILES string of the molecule is O=C(CCCN1C(=O)/C(=C/c2cccc(Br)c2)SC1=S)Nc1cccc(C(F)(F)F)c1. The largest absolute Gasteiger partial charge is 0.416 e. The molecule has 10 heteroatoms. The molecule has 3 rings (SSSR count). The highest BCUT2D eigenvalue weighted by Gasteiger charge is 2.32. The second kappa shape index (κ2) is 9.97. The van der Waals surface area contributed by atoms with Crippen LogP contribution in [0.4, 0.5) is 18.9 Å². The van der Waals surface area contributed by atoms with Crippen molar-refractivity contribution in [3.63, 3.8) is 0 Å². The maximum Gasteiger partial charge on any atom is 0.416 e. The number of benzene rings is 2. The lowest BCUT2D eigenvalue weighted by Crippen LogP contribution is -2.29. The van der Waals surface area contributed by atoms with E-state index in [1.807, 2.05) is 24.3 Å². The van der Waals surface area contributed by atoms with Crippen LogP contribution in [0.2, 0.25) is 0 Å². The molecule has 0 aromatic heterocycles. The quantitative estimate of drug-likeness (QED) is 0.364. The second-order valence-electron chi connectivity index (χ2n) is 6.62. The zero-order valence-corrected chi connectivity index (χ0v) is 19.1. The molecule has 31 heavy (non-hydrogen) atoms. The molecule has 2 aromatic rings. The molecule has 1 fully saturated rings. The molecule has 0 atom stereocenters. The number of carbonyl (C=O) groups excluding carboxylic acids is 2. The van der Waals surface area contributed by atoms with Crippen molar-refractivity contribution < 1.29 is 22.8 Å². The molecule has 0 spiro atoms. The summed E-state index contributed by atoms with van der Waals surface area (Å²) in [5.74, 6) is -0.664. The van der Waals surface area contributed by atoms with Crippen molar-refractivity contribution >= 4 is 67.8 Å². The van der Waals surface area contributed by atoms with Crippen molar-refractivity contribution in [3.05, 3.63) is 69.0 Å². The fourth-order valence-electron chi connectivity index (χ4n) is 2.84. The molecule has 2 aromatic carbocycles. The number of nitrogens with zero attached hydrogens (tertiary/aromatic N) is 1. The first kappa shape index (κ1) is 23.5. The Hall–Kier alpha value is -2.17. The zero-order valence-electron chi connectivity index (χ0n) is 15.9. The first-order chi connectivity index (χ1) is 14.6. The normalized spacial score (nSPS) is 15.6. The Kier molecular flexibility index (Phi) is 7.55. The lowest BCUT2D eigenvalue weighted by molar-refractivity contribution is -0.137. The fourth-order valence-corrected chi connectivity index (χ4v) is 4.56. The monoisotopic (exact) mass is 528 g/mol. The average molecular weight is 529 g/mol. The van der Waals surface area contributed by atoms with Crippen molar-refractivity contribution in [1.29, 1.82) is 0 Å². The third-order valence-corrected chi connectivity index (χ3v) is 6.15. The number of hydrogen-bond acceptors (Lipinski definition) is 4. The van der Waals surface area contributed by atoms with Gasteiger partial charge >= 0.3 is 6.18 Å². The Bertz CT molecular complexity index is 1060. The van der Waals surface area contributed by atoms with Crippen molar-refractivity contribution in [2.45, 2.75) is 19.0 Å². The molecule has 1 aliphatic rings. The Morgan fingerprint density at radius 2 is 1.94 bits per heavy atom. The average Bonchev–Trinajstić information content (AvgIpc) is 2.95. The van der Waals surface area contributed by atoms with Gasteiger partial charge in [0.15, 0.2) is 0 Å². The number of anilines is 1. The number of hydrogen-bond donors (Lipinski definition) is 1. The first-order valence-electron chi connectivity index (χ1n) is 9.11. The molecule has 0 unspecified atom stereocenters. The maximum absolute atomic E-state index is 12.8. The van der Waals surface area contributed by atoms with Gasteiger partial charge in [-0.1, -0.05) is 58.1 Å². The summed E-state index contributed by atoms with van der Waals surface area (Å²) in [5.41, 5.74) is 0.0952. The molecule has 1 heterocycles. The first-order valence-corrected chi connectivity index (χ1v) is 11.1. The van der Waals surface area contributed by atoms with Crippen LogP contribution >= 0.6 is 39.9 Å². The van der Waals surface area contributed by atoms with Gasteiger partial charge < -0.3 is 5.32 Å². The van der Waals surface area contributed by atoms with Crippen LogP contribution in [0.5, 0.6) is 0 Å². The third kappa shape index (κ3) is 6.41. The van der Waals surface area contributed by atoms with Crippen molar-refractivity contribution in [1.82, 2.24) is 4.90 Å². The fraction of sp³-hybridized carbons (Fsp3) is 0.190. The van der Waals surface area contributed by atoms with E-state index >= 15 is 0 Å². The van der Waals surface area contributed by atoms with Crippen molar-refractivity contribution in [3.8, 4) is 0 Å². The lowest BCUT2D eigenvalue weighted by Gasteiger charge is -2.14. The molecule has 0 saturated carbocycles. The molecule has 4 nitrogen and oxygen atoms in total. The summed E-state index contributed by atoms with van der Waals surface area (Å²) in [5, 5.41) is 2.45. The van der Waals surface area contributed by atoms with E-state index in [1.54, 1.807) is 6.08 Å². The van der Waals surface area contributed by atoms with Crippen LogP contribution in [0.15, 0.2) is 57.9 Å². The highest BCUT2D eigenvalue weighted by Crippen LogP contribution is 2.33. The Balaban J connectivity index is 1.54. The standard InChI is InChI=1S/C21H16BrF3N2O2S2/c22-15-6-1-4-13(10-15)11-17-19(29)27(20(30)31-17)9-3-8-18(28)26-16-7-2-5-14(12-16)21(23,24)25/h1-2,4-7,10-12H,3,8-9H2,(H,26,28)/b17-11-. The highest BCUT2D eigenvalue weighted by molar-refractivity contribution is 9.10. The molecule has 0 aliphatic carbocycles. The van der Waals surface area contributed by atoms with Gasteiger partial charge in [0, 0.05) is 23.1 Å².